The lowest BCUT2D eigenvalue weighted by Crippen LogP contribution is -2.56. The molecule has 0 bridgehead atoms. The van der Waals surface area contributed by atoms with Crippen LogP contribution in [-0.2, 0) is 0 Å². The van der Waals surface area contributed by atoms with E-state index in [0.29, 0.717) is 12.0 Å². The molecular weight excluding hydrogens is 240 g/mol. The number of hydrogen-bond acceptors (Lipinski definition) is 6. The van der Waals surface area contributed by atoms with Crippen LogP contribution in [0, 0.1) is 5.41 Å². The molecule has 6 N–H and O–H groups in total. The van der Waals surface area contributed by atoms with Crippen molar-refractivity contribution in [2.75, 3.05) is 20.1 Å². The molecule has 0 saturated carbocycles. The lowest BCUT2D eigenvalue weighted by atomic mass is 9.80. The summed E-state index contributed by atoms with van der Waals surface area (Å²) in [4.78, 5) is 6.66. The Labute approximate surface area is 115 Å². The molecule has 0 amide bonds. The van der Waals surface area contributed by atoms with Crippen LogP contribution in [0.25, 0.3) is 0 Å². The quantitative estimate of drug-likeness (QED) is 0.553. The molecule has 2 rings (SSSR count). The molecule has 1 unspecified atom stereocenters. The molecule has 108 valence electrons. The molecule has 0 radical (unpaired) electrons. The maximum atomic E-state index is 6.43. The molecule has 0 spiro atoms. The van der Waals surface area contributed by atoms with E-state index >= 15 is 0 Å². The van der Waals surface area contributed by atoms with Gasteiger partial charge in [0.25, 0.3) is 0 Å². The maximum absolute atomic E-state index is 6.43. The minimum absolute atomic E-state index is 0.187. The standard InChI is InChI=1S/C13H26N6/c1-12(2,3)13(15)7-10(17-11(14)18-13)19-6-5-9(8-19)16-4/h7,9,16H,5-6,8,15H2,1-4H3,(H3,14,17,18)/t9-,13?/m1/s1. The fraction of sp³-hybridized carbons (Fsp3) is 0.769. The van der Waals surface area contributed by atoms with Gasteiger partial charge in [-0.3, -0.25) is 0 Å². The third-order valence-corrected chi connectivity index (χ3v) is 4.06. The van der Waals surface area contributed by atoms with Crippen molar-refractivity contribution >= 4 is 5.96 Å². The van der Waals surface area contributed by atoms with Crippen molar-refractivity contribution in [2.45, 2.75) is 38.9 Å². The molecule has 6 nitrogen and oxygen atoms in total. The second-order valence-electron chi connectivity index (χ2n) is 6.45. The van der Waals surface area contributed by atoms with E-state index in [1.165, 1.54) is 0 Å². The summed E-state index contributed by atoms with van der Waals surface area (Å²) in [6, 6.07) is 0.518. The predicted molar refractivity (Wildman–Crippen MR) is 78.3 cm³/mol. The largest absolute Gasteiger partial charge is 0.370 e. The molecule has 6 heteroatoms. The Kier molecular flexibility index (Phi) is 3.49. The lowest BCUT2D eigenvalue weighted by molar-refractivity contribution is 0.238. The highest BCUT2D eigenvalue weighted by Crippen LogP contribution is 2.33. The van der Waals surface area contributed by atoms with Crippen LogP contribution in [-0.4, -0.2) is 42.7 Å². The third kappa shape index (κ3) is 2.69. The minimum Gasteiger partial charge on any atom is -0.370 e. The molecule has 0 aliphatic carbocycles. The first-order valence-electron chi connectivity index (χ1n) is 6.81. The lowest BCUT2D eigenvalue weighted by Gasteiger charge is -2.40. The van der Waals surface area contributed by atoms with Gasteiger partial charge in [-0.15, -0.1) is 0 Å². The monoisotopic (exact) mass is 266 g/mol. The summed E-state index contributed by atoms with van der Waals surface area (Å²) < 4.78 is 0. The van der Waals surface area contributed by atoms with Crippen LogP contribution in [0.3, 0.4) is 0 Å². The first kappa shape index (κ1) is 14.1. The zero-order valence-corrected chi connectivity index (χ0v) is 12.3. The van der Waals surface area contributed by atoms with E-state index < -0.39 is 5.66 Å². The van der Waals surface area contributed by atoms with Gasteiger partial charge in [0.2, 0.25) is 0 Å². The predicted octanol–water partition coefficient (Wildman–Crippen LogP) is -0.259. The Morgan fingerprint density at radius 1 is 1.53 bits per heavy atom. The topological polar surface area (TPSA) is 91.7 Å². The van der Waals surface area contributed by atoms with E-state index in [1.54, 1.807) is 0 Å². The average molecular weight is 266 g/mol. The number of nitrogens with zero attached hydrogens (tertiary/aromatic N) is 2. The van der Waals surface area contributed by atoms with Crippen molar-refractivity contribution in [2.24, 2.45) is 21.9 Å². The Bertz CT molecular complexity index is 408. The van der Waals surface area contributed by atoms with Crippen molar-refractivity contribution in [1.82, 2.24) is 15.5 Å². The Hall–Kier alpha value is -1.27. The summed E-state index contributed by atoms with van der Waals surface area (Å²) in [6.07, 6.45) is 3.13. The van der Waals surface area contributed by atoms with Crippen LogP contribution in [0.2, 0.25) is 0 Å². The van der Waals surface area contributed by atoms with E-state index in [1.807, 2.05) is 13.1 Å². The fourth-order valence-electron chi connectivity index (χ4n) is 2.40. The van der Waals surface area contributed by atoms with Gasteiger partial charge < -0.3 is 27.0 Å². The van der Waals surface area contributed by atoms with Crippen LogP contribution in [0.15, 0.2) is 16.9 Å². The molecule has 2 atom stereocenters. The molecule has 2 aliphatic heterocycles. The molecular formula is C13H26N6. The third-order valence-electron chi connectivity index (χ3n) is 4.06. The number of guanidine groups is 1. The first-order chi connectivity index (χ1) is 8.75. The molecule has 0 aromatic rings. The Morgan fingerprint density at radius 3 is 2.74 bits per heavy atom. The summed E-state index contributed by atoms with van der Waals surface area (Å²) in [5.74, 6) is 1.37. The number of aliphatic imine (C=N–C) groups is 1. The highest BCUT2D eigenvalue weighted by Gasteiger charge is 2.40. The smallest absolute Gasteiger partial charge is 0.196 e. The molecule has 0 aromatic carbocycles. The van der Waals surface area contributed by atoms with Gasteiger partial charge >= 0.3 is 0 Å². The molecule has 2 aliphatic rings. The zero-order valence-electron chi connectivity index (χ0n) is 12.3. The van der Waals surface area contributed by atoms with E-state index in [4.69, 9.17) is 11.5 Å². The summed E-state index contributed by atoms with van der Waals surface area (Å²) in [7, 11) is 2.00. The molecule has 1 saturated heterocycles. The van der Waals surface area contributed by atoms with Gasteiger partial charge in [0, 0.05) is 24.5 Å². The van der Waals surface area contributed by atoms with Crippen LogP contribution in [0.5, 0.6) is 0 Å². The normalized spacial score (nSPS) is 31.8. The molecule has 0 aromatic heterocycles. The van der Waals surface area contributed by atoms with Crippen molar-refractivity contribution in [1.29, 1.82) is 0 Å². The molecule has 2 heterocycles. The van der Waals surface area contributed by atoms with Gasteiger partial charge in [-0.2, -0.15) is 0 Å². The van der Waals surface area contributed by atoms with Gasteiger partial charge in [0.15, 0.2) is 5.96 Å². The van der Waals surface area contributed by atoms with Crippen molar-refractivity contribution in [3.8, 4) is 0 Å². The SMILES string of the molecule is CN[C@@H]1CCN(C2=CC(N)(C(C)(C)C)N=C(N)N2)C1. The fourth-order valence-corrected chi connectivity index (χ4v) is 2.40. The Balaban J connectivity index is 2.23. The van der Waals surface area contributed by atoms with Crippen LogP contribution < -0.4 is 22.1 Å². The van der Waals surface area contributed by atoms with E-state index in [0.717, 1.165) is 25.3 Å². The van der Waals surface area contributed by atoms with E-state index in [9.17, 15) is 0 Å². The average Bonchev–Trinajstić information content (AvgIpc) is 2.74. The van der Waals surface area contributed by atoms with Gasteiger partial charge in [-0.1, -0.05) is 20.8 Å². The van der Waals surface area contributed by atoms with Crippen LogP contribution in [0.1, 0.15) is 27.2 Å². The highest BCUT2D eigenvalue weighted by molar-refractivity contribution is 5.81. The molecule has 1 fully saturated rings. The summed E-state index contributed by atoms with van der Waals surface area (Å²) in [6.45, 7) is 8.18. The molecule has 19 heavy (non-hydrogen) atoms. The number of nitrogens with two attached hydrogens (primary N) is 2. The number of likely N-dealkylation sites (N-methyl/N-ethyl adjacent to an activating group) is 1. The van der Waals surface area contributed by atoms with Gasteiger partial charge in [0.1, 0.15) is 11.5 Å². The Morgan fingerprint density at radius 2 is 2.21 bits per heavy atom. The number of nitrogens with one attached hydrogen (secondary N) is 2. The highest BCUT2D eigenvalue weighted by atomic mass is 15.3. The first-order valence-corrected chi connectivity index (χ1v) is 6.81. The van der Waals surface area contributed by atoms with Gasteiger partial charge in [-0.25, -0.2) is 4.99 Å². The maximum Gasteiger partial charge on any atom is 0.196 e. The number of likely N-dealkylation sites (tertiary alicyclic amines) is 1. The zero-order chi connectivity index (χ0) is 14.3. The second-order valence-corrected chi connectivity index (χ2v) is 6.45. The summed E-state index contributed by atoms with van der Waals surface area (Å²) >= 11 is 0. The summed E-state index contributed by atoms with van der Waals surface area (Å²) in [5, 5.41) is 6.44. The van der Waals surface area contributed by atoms with E-state index in [2.05, 4.69) is 41.3 Å². The minimum atomic E-state index is -0.768. The van der Waals surface area contributed by atoms with Gasteiger partial charge in [0.05, 0.1) is 0 Å². The second kappa shape index (κ2) is 4.68. The van der Waals surface area contributed by atoms with Crippen LogP contribution >= 0.6 is 0 Å². The van der Waals surface area contributed by atoms with Crippen molar-refractivity contribution in [3.63, 3.8) is 0 Å². The summed E-state index contributed by atoms with van der Waals surface area (Å²) in [5.41, 5.74) is 11.4. The van der Waals surface area contributed by atoms with Crippen molar-refractivity contribution < 1.29 is 0 Å². The number of hydrogen-bond donors (Lipinski definition) is 4. The van der Waals surface area contributed by atoms with E-state index in [-0.39, 0.29) is 5.41 Å². The van der Waals surface area contributed by atoms with Crippen LogP contribution in [0.4, 0.5) is 0 Å². The van der Waals surface area contributed by atoms with Crippen molar-refractivity contribution in [3.05, 3.63) is 11.9 Å². The number of rotatable bonds is 2. The van der Waals surface area contributed by atoms with Gasteiger partial charge in [-0.05, 0) is 19.5 Å².